The van der Waals surface area contributed by atoms with E-state index in [4.69, 9.17) is 24.5 Å². The molecule has 176 valence electrons. The Morgan fingerprint density at radius 3 is 2.74 bits per heavy atom. The first-order chi connectivity index (χ1) is 16.7. The number of aryl methyl sites for hydroxylation is 1. The Morgan fingerprint density at radius 2 is 1.97 bits per heavy atom. The van der Waals surface area contributed by atoms with Crippen LogP contribution in [0.3, 0.4) is 0 Å². The van der Waals surface area contributed by atoms with E-state index in [1.54, 1.807) is 7.11 Å². The molecule has 1 aliphatic carbocycles. The predicted octanol–water partition coefficient (Wildman–Crippen LogP) is 3.99. The lowest BCUT2D eigenvalue weighted by molar-refractivity contribution is 0.123. The molecule has 34 heavy (non-hydrogen) atoms. The number of morpholine rings is 1. The highest BCUT2D eigenvalue weighted by Gasteiger charge is 2.25. The van der Waals surface area contributed by atoms with Crippen LogP contribution in [0.1, 0.15) is 24.1 Å². The van der Waals surface area contributed by atoms with E-state index in [0.29, 0.717) is 6.61 Å². The third-order valence-corrected chi connectivity index (χ3v) is 6.65. The van der Waals surface area contributed by atoms with E-state index in [1.807, 2.05) is 11.0 Å². The van der Waals surface area contributed by atoms with Gasteiger partial charge in [-0.25, -0.2) is 14.6 Å². The Balaban J connectivity index is 1.50. The highest BCUT2D eigenvalue weighted by Crippen LogP contribution is 2.34. The second-order valence-corrected chi connectivity index (χ2v) is 9.35. The standard InChI is InChI=1S/C26H30N6O2/c1-18-4-3-5-20(12-18)22-13-21(16-33-2)32(29-22)24-14-23(30-8-10-34-11-9-30)25-26(28-24)31(17-27-25)15-19-6-7-19/h3-5,12-14,17,19H,6-11,15-16H2,1-2H3. The van der Waals surface area contributed by atoms with E-state index in [9.17, 15) is 0 Å². The number of rotatable bonds is 7. The number of methoxy groups -OCH3 is 1. The molecule has 0 amide bonds. The summed E-state index contributed by atoms with van der Waals surface area (Å²) in [4.78, 5) is 12.2. The van der Waals surface area contributed by atoms with Gasteiger partial charge >= 0.3 is 0 Å². The number of anilines is 1. The molecule has 0 bridgehead atoms. The van der Waals surface area contributed by atoms with Gasteiger partial charge in [-0.15, -0.1) is 0 Å². The molecule has 1 saturated carbocycles. The van der Waals surface area contributed by atoms with Gasteiger partial charge in [-0.1, -0.05) is 23.8 Å². The van der Waals surface area contributed by atoms with Crippen LogP contribution in [0, 0.1) is 12.8 Å². The summed E-state index contributed by atoms with van der Waals surface area (Å²) >= 11 is 0. The first-order valence-corrected chi connectivity index (χ1v) is 12.0. The Hall–Kier alpha value is -3.23. The lowest BCUT2D eigenvalue weighted by Gasteiger charge is -2.29. The maximum Gasteiger partial charge on any atom is 0.164 e. The summed E-state index contributed by atoms with van der Waals surface area (Å²) in [5.74, 6) is 1.52. The molecule has 0 radical (unpaired) electrons. The Bertz CT molecular complexity index is 1320. The molecule has 2 aliphatic rings. The lowest BCUT2D eigenvalue weighted by atomic mass is 10.1. The van der Waals surface area contributed by atoms with Crippen molar-refractivity contribution < 1.29 is 9.47 Å². The summed E-state index contributed by atoms with van der Waals surface area (Å²) in [5.41, 5.74) is 7.13. The minimum Gasteiger partial charge on any atom is -0.378 e. The number of benzene rings is 1. The van der Waals surface area contributed by atoms with Gasteiger partial charge in [0.25, 0.3) is 0 Å². The largest absolute Gasteiger partial charge is 0.378 e. The third-order valence-electron chi connectivity index (χ3n) is 6.65. The van der Waals surface area contributed by atoms with Crippen molar-refractivity contribution in [1.82, 2.24) is 24.3 Å². The van der Waals surface area contributed by atoms with Crippen LogP contribution < -0.4 is 4.90 Å². The van der Waals surface area contributed by atoms with Crippen LogP contribution >= 0.6 is 0 Å². The van der Waals surface area contributed by atoms with Crippen LogP contribution in [0.2, 0.25) is 0 Å². The third kappa shape index (κ3) is 4.08. The van der Waals surface area contributed by atoms with Gasteiger partial charge in [0.2, 0.25) is 0 Å². The quantitative estimate of drug-likeness (QED) is 0.417. The molecule has 1 aliphatic heterocycles. The van der Waals surface area contributed by atoms with Gasteiger partial charge < -0.3 is 18.9 Å². The Kier molecular flexibility index (Phi) is 5.55. The minimum absolute atomic E-state index is 0.451. The molecule has 0 N–H and O–H groups in total. The number of nitrogens with zero attached hydrogens (tertiary/aromatic N) is 6. The molecule has 1 aromatic carbocycles. The maximum absolute atomic E-state index is 5.61. The fourth-order valence-corrected chi connectivity index (χ4v) is 4.69. The van der Waals surface area contributed by atoms with Gasteiger partial charge in [0.05, 0.1) is 43.2 Å². The van der Waals surface area contributed by atoms with Crippen molar-refractivity contribution in [2.45, 2.75) is 32.9 Å². The minimum atomic E-state index is 0.451. The Morgan fingerprint density at radius 1 is 1.12 bits per heavy atom. The van der Waals surface area contributed by atoms with Crippen molar-refractivity contribution >= 4 is 16.9 Å². The second-order valence-electron chi connectivity index (χ2n) is 9.35. The van der Waals surface area contributed by atoms with E-state index < -0.39 is 0 Å². The number of aromatic nitrogens is 5. The fraction of sp³-hybridized carbons (Fsp3) is 0.423. The van der Waals surface area contributed by atoms with E-state index in [-0.39, 0.29) is 0 Å². The normalized spacial score (nSPS) is 16.5. The van der Waals surface area contributed by atoms with Crippen molar-refractivity contribution in [1.29, 1.82) is 0 Å². The van der Waals surface area contributed by atoms with Gasteiger partial charge in [-0.2, -0.15) is 5.10 Å². The van der Waals surface area contributed by atoms with Gasteiger partial charge in [0, 0.05) is 38.4 Å². The lowest BCUT2D eigenvalue weighted by Crippen LogP contribution is -2.36. The predicted molar refractivity (Wildman–Crippen MR) is 131 cm³/mol. The summed E-state index contributed by atoms with van der Waals surface area (Å²) in [6.45, 7) is 6.63. The molecule has 6 rings (SSSR count). The van der Waals surface area contributed by atoms with Crippen LogP contribution in [0.4, 0.5) is 5.69 Å². The van der Waals surface area contributed by atoms with Crippen molar-refractivity contribution in [3.05, 3.63) is 54.0 Å². The van der Waals surface area contributed by atoms with Crippen molar-refractivity contribution in [3.8, 4) is 17.1 Å². The molecule has 8 nitrogen and oxygen atoms in total. The number of hydrogen-bond donors (Lipinski definition) is 0. The molecule has 4 aromatic rings. The maximum atomic E-state index is 5.61. The number of pyridine rings is 1. The number of imidazole rings is 1. The average molecular weight is 459 g/mol. The zero-order valence-electron chi connectivity index (χ0n) is 19.8. The van der Waals surface area contributed by atoms with E-state index in [2.05, 4.69) is 52.8 Å². The summed E-state index contributed by atoms with van der Waals surface area (Å²) in [5, 5.41) is 4.99. The zero-order valence-corrected chi connectivity index (χ0v) is 19.8. The van der Waals surface area contributed by atoms with E-state index in [0.717, 1.165) is 78.4 Å². The average Bonchev–Trinajstić information content (AvgIpc) is 3.44. The summed E-state index contributed by atoms with van der Waals surface area (Å²) in [6, 6.07) is 12.6. The molecule has 8 heteroatoms. The van der Waals surface area contributed by atoms with E-state index >= 15 is 0 Å². The van der Waals surface area contributed by atoms with E-state index in [1.165, 1.54) is 18.4 Å². The molecule has 2 fully saturated rings. The highest BCUT2D eigenvalue weighted by atomic mass is 16.5. The summed E-state index contributed by atoms with van der Waals surface area (Å²) in [6.07, 6.45) is 4.51. The van der Waals surface area contributed by atoms with Gasteiger partial charge in [-0.05, 0) is 37.8 Å². The smallest absolute Gasteiger partial charge is 0.164 e. The molecular weight excluding hydrogens is 428 g/mol. The molecule has 3 aromatic heterocycles. The monoisotopic (exact) mass is 458 g/mol. The zero-order chi connectivity index (χ0) is 23.1. The van der Waals surface area contributed by atoms with Gasteiger partial charge in [0.1, 0.15) is 5.52 Å². The van der Waals surface area contributed by atoms with Crippen LogP contribution in [0.15, 0.2) is 42.7 Å². The first kappa shape index (κ1) is 21.3. The van der Waals surface area contributed by atoms with Crippen molar-refractivity contribution in [2.24, 2.45) is 5.92 Å². The van der Waals surface area contributed by atoms with Crippen LogP contribution in [-0.4, -0.2) is 57.7 Å². The van der Waals surface area contributed by atoms with Crippen molar-refractivity contribution in [3.63, 3.8) is 0 Å². The Labute approximate surface area is 199 Å². The molecule has 0 unspecified atom stereocenters. The van der Waals surface area contributed by atoms with Crippen LogP contribution in [-0.2, 0) is 22.6 Å². The summed E-state index contributed by atoms with van der Waals surface area (Å²) < 4.78 is 15.3. The second kappa shape index (κ2) is 8.85. The van der Waals surface area contributed by atoms with Gasteiger partial charge in [0.15, 0.2) is 11.5 Å². The topological polar surface area (TPSA) is 70.2 Å². The number of hydrogen-bond acceptors (Lipinski definition) is 6. The van der Waals surface area contributed by atoms with Crippen molar-refractivity contribution in [2.75, 3.05) is 38.3 Å². The van der Waals surface area contributed by atoms with Crippen LogP contribution in [0.5, 0.6) is 0 Å². The summed E-state index contributed by atoms with van der Waals surface area (Å²) in [7, 11) is 1.71. The fourth-order valence-electron chi connectivity index (χ4n) is 4.69. The SMILES string of the molecule is COCc1cc(-c2cccc(C)c2)nn1-c1cc(N2CCOCC2)c2ncn(CC3CC3)c2n1. The number of fused-ring (bicyclic) bond motifs is 1. The van der Waals surface area contributed by atoms with Crippen LogP contribution in [0.25, 0.3) is 28.2 Å². The number of ether oxygens (including phenoxy) is 2. The molecule has 1 saturated heterocycles. The molecular formula is C26H30N6O2. The first-order valence-electron chi connectivity index (χ1n) is 12.0. The van der Waals surface area contributed by atoms with Gasteiger partial charge in [-0.3, -0.25) is 0 Å². The molecule has 0 spiro atoms. The molecule has 0 atom stereocenters. The highest BCUT2D eigenvalue weighted by molar-refractivity contribution is 5.87. The molecule has 4 heterocycles.